The average molecular weight is 385 g/mol. The van der Waals surface area contributed by atoms with Crippen LogP contribution in [0.3, 0.4) is 0 Å². The first-order chi connectivity index (χ1) is 13.3. The van der Waals surface area contributed by atoms with Crippen LogP contribution in [-0.4, -0.2) is 54.8 Å². The van der Waals surface area contributed by atoms with Gasteiger partial charge >= 0.3 is 0 Å². The molecule has 1 saturated heterocycles. The van der Waals surface area contributed by atoms with Crippen LogP contribution in [0.25, 0.3) is 11.0 Å². The summed E-state index contributed by atoms with van der Waals surface area (Å²) in [5, 5.41) is 33.5. The first-order valence-corrected chi connectivity index (χ1v) is 9.00. The molecule has 148 valence electrons. The summed E-state index contributed by atoms with van der Waals surface area (Å²) >= 11 is 0. The van der Waals surface area contributed by atoms with Gasteiger partial charge in [-0.2, -0.15) is 0 Å². The number of aryl methyl sites for hydroxylation is 1. The Balaban J connectivity index is 1.70. The lowest BCUT2D eigenvalue weighted by Gasteiger charge is -2.29. The van der Waals surface area contributed by atoms with Gasteiger partial charge in [0.2, 0.25) is 0 Å². The lowest BCUT2D eigenvalue weighted by molar-refractivity contribution is -0.115. The molecule has 0 saturated carbocycles. The van der Waals surface area contributed by atoms with Crippen LogP contribution in [0, 0.1) is 6.92 Å². The molecule has 0 radical (unpaired) electrons. The van der Waals surface area contributed by atoms with Crippen molar-refractivity contribution < 1.29 is 24.8 Å². The van der Waals surface area contributed by atoms with Gasteiger partial charge in [-0.05, 0) is 37.6 Å². The largest absolute Gasteiger partial charge is 0.497 e. The Kier molecular flexibility index (Phi) is 4.59. The number of rotatable bonds is 4. The van der Waals surface area contributed by atoms with Gasteiger partial charge in [-0.1, -0.05) is 12.1 Å². The highest BCUT2D eigenvalue weighted by molar-refractivity contribution is 5.78. The van der Waals surface area contributed by atoms with Crippen LogP contribution in [0.15, 0.2) is 42.9 Å². The van der Waals surface area contributed by atoms with Crippen LogP contribution in [0.4, 0.5) is 0 Å². The third-order valence-electron chi connectivity index (χ3n) is 5.44. The fourth-order valence-electron chi connectivity index (χ4n) is 3.73. The predicted octanol–water partition coefficient (Wildman–Crippen LogP) is 1.49. The van der Waals surface area contributed by atoms with E-state index in [1.807, 2.05) is 13.0 Å². The van der Waals surface area contributed by atoms with Crippen molar-refractivity contribution in [1.29, 1.82) is 0 Å². The molecule has 8 heteroatoms. The van der Waals surface area contributed by atoms with E-state index >= 15 is 0 Å². The van der Waals surface area contributed by atoms with Crippen molar-refractivity contribution in [2.75, 3.05) is 7.11 Å². The van der Waals surface area contributed by atoms with E-state index in [0.29, 0.717) is 17.0 Å². The van der Waals surface area contributed by atoms with Gasteiger partial charge in [0, 0.05) is 11.6 Å². The maximum absolute atomic E-state index is 11.0. The molecule has 0 spiro atoms. The topological polar surface area (TPSA) is 110 Å². The third-order valence-corrected chi connectivity index (χ3v) is 5.44. The van der Waals surface area contributed by atoms with E-state index in [0.717, 1.165) is 11.1 Å². The Morgan fingerprint density at radius 2 is 2.07 bits per heavy atom. The van der Waals surface area contributed by atoms with E-state index in [1.165, 1.54) is 20.4 Å². The van der Waals surface area contributed by atoms with Crippen LogP contribution < -0.4 is 4.74 Å². The summed E-state index contributed by atoms with van der Waals surface area (Å²) in [6, 6.07) is 8.73. The maximum atomic E-state index is 11.0. The second kappa shape index (κ2) is 6.82. The van der Waals surface area contributed by atoms with Gasteiger partial charge in [-0.25, -0.2) is 9.97 Å². The number of nitrogens with zero attached hydrogens (tertiary/aromatic N) is 3. The van der Waals surface area contributed by atoms with E-state index in [-0.39, 0.29) is 0 Å². The SMILES string of the molecule is COc1cccc([C@@H](O)[C@H]2O[C@@H](n3ccc4c(C)ncnc43)[C@H](O)[C@]2(C)O)c1. The van der Waals surface area contributed by atoms with Crippen LogP contribution >= 0.6 is 0 Å². The lowest BCUT2D eigenvalue weighted by atomic mass is 9.88. The van der Waals surface area contributed by atoms with Crippen molar-refractivity contribution in [3.05, 3.63) is 54.1 Å². The van der Waals surface area contributed by atoms with Gasteiger partial charge in [0.05, 0.1) is 12.8 Å². The Bertz CT molecular complexity index is 1000. The van der Waals surface area contributed by atoms with Crippen LogP contribution in [0.2, 0.25) is 0 Å². The first-order valence-electron chi connectivity index (χ1n) is 9.00. The first kappa shape index (κ1) is 18.8. The Labute approximate surface area is 162 Å². The molecule has 3 N–H and O–H groups in total. The van der Waals surface area contributed by atoms with Crippen molar-refractivity contribution in [2.24, 2.45) is 0 Å². The zero-order chi connectivity index (χ0) is 20.1. The minimum absolute atomic E-state index is 0.521. The third kappa shape index (κ3) is 2.85. The molecule has 5 atom stereocenters. The molecule has 1 aliphatic rings. The fourth-order valence-corrected chi connectivity index (χ4v) is 3.73. The number of aromatic nitrogens is 3. The molecule has 1 fully saturated rings. The highest BCUT2D eigenvalue weighted by atomic mass is 16.6. The Morgan fingerprint density at radius 1 is 1.29 bits per heavy atom. The van der Waals surface area contributed by atoms with Crippen LogP contribution in [0.5, 0.6) is 5.75 Å². The van der Waals surface area contributed by atoms with Crippen LogP contribution in [0.1, 0.15) is 30.5 Å². The van der Waals surface area contributed by atoms with E-state index in [9.17, 15) is 15.3 Å². The molecule has 28 heavy (non-hydrogen) atoms. The van der Waals surface area contributed by atoms with Crippen molar-refractivity contribution >= 4 is 11.0 Å². The predicted molar refractivity (Wildman–Crippen MR) is 101 cm³/mol. The molecule has 0 aliphatic carbocycles. The van der Waals surface area contributed by atoms with Crippen molar-refractivity contribution in [3.63, 3.8) is 0 Å². The van der Waals surface area contributed by atoms with Crippen LogP contribution in [-0.2, 0) is 4.74 Å². The number of fused-ring (bicyclic) bond motifs is 1. The van der Waals surface area contributed by atoms with Crippen molar-refractivity contribution in [3.8, 4) is 5.75 Å². The minimum atomic E-state index is -1.69. The fraction of sp³-hybridized carbons (Fsp3) is 0.400. The van der Waals surface area contributed by atoms with Gasteiger partial charge in [0.1, 0.15) is 41.6 Å². The van der Waals surface area contributed by atoms with E-state index in [4.69, 9.17) is 9.47 Å². The smallest absolute Gasteiger partial charge is 0.164 e. The number of aliphatic hydroxyl groups is 3. The van der Waals surface area contributed by atoms with E-state index < -0.39 is 30.1 Å². The van der Waals surface area contributed by atoms with E-state index in [1.54, 1.807) is 35.0 Å². The molecule has 8 nitrogen and oxygen atoms in total. The summed E-state index contributed by atoms with van der Waals surface area (Å²) < 4.78 is 12.8. The molecule has 3 aromatic rings. The number of hydrogen-bond acceptors (Lipinski definition) is 7. The summed E-state index contributed by atoms with van der Waals surface area (Å²) in [4.78, 5) is 8.44. The van der Waals surface area contributed by atoms with Crippen molar-refractivity contribution in [2.45, 2.75) is 44.0 Å². The second-order valence-corrected chi connectivity index (χ2v) is 7.26. The lowest BCUT2D eigenvalue weighted by Crippen LogP contribution is -2.47. The normalized spacial score (nSPS) is 28.6. The molecule has 1 aliphatic heterocycles. The Morgan fingerprint density at radius 3 is 2.82 bits per heavy atom. The van der Waals surface area contributed by atoms with Gasteiger partial charge in [0.25, 0.3) is 0 Å². The quantitative estimate of drug-likeness (QED) is 0.624. The summed E-state index contributed by atoms with van der Waals surface area (Å²) in [6.07, 6.45) is -1.23. The number of hydrogen-bond donors (Lipinski definition) is 3. The monoisotopic (exact) mass is 385 g/mol. The molecule has 0 amide bonds. The molecule has 0 unspecified atom stereocenters. The molecule has 3 heterocycles. The maximum Gasteiger partial charge on any atom is 0.164 e. The van der Waals surface area contributed by atoms with Crippen molar-refractivity contribution in [1.82, 2.24) is 14.5 Å². The second-order valence-electron chi connectivity index (χ2n) is 7.26. The molecular weight excluding hydrogens is 362 g/mol. The Hall–Kier alpha value is -2.52. The number of methoxy groups -OCH3 is 1. The average Bonchev–Trinajstić information content (AvgIpc) is 3.22. The summed E-state index contributed by atoms with van der Waals surface area (Å²) in [5.74, 6) is 0.579. The number of aliphatic hydroxyl groups excluding tert-OH is 2. The molecular formula is C20H23N3O5. The summed E-state index contributed by atoms with van der Waals surface area (Å²) in [5.41, 5.74) is 0.221. The minimum Gasteiger partial charge on any atom is -0.497 e. The van der Waals surface area contributed by atoms with Gasteiger partial charge in [-0.3, -0.25) is 0 Å². The highest BCUT2D eigenvalue weighted by Gasteiger charge is 2.55. The molecule has 1 aromatic carbocycles. The van der Waals surface area contributed by atoms with Gasteiger partial charge < -0.3 is 29.4 Å². The van der Waals surface area contributed by atoms with E-state index in [2.05, 4.69) is 9.97 Å². The standard InChI is InChI=1S/C20H23N3O5/c1-11-14-7-8-23(18(14)22-10-21-11)19-16(25)20(2,26)17(28-19)15(24)12-5-4-6-13(9-12)27-3/h4-10,15-17,19,24-26H,1-3H3/t15-,16+,17-,19-,20+/m1/s1. The highest BCUT2D eigenvalue weighted by Crippen LogP contribution is 2.43. The molecule has 4 rings (SSSR count). The zero-order valence-electron chi connectivity index (χ0n) is 15.9. The molecule has 0 bridgehead atoms. The number of benzene rings is 1. The molecule has 2 aromatic heterocycles. The summed E-state index contributed by atoms with van der Waals surface area (Å²) in [6.45, 7) is 3.32. The van der Waals surface area contributed by atoms with Gasteiger partial charge in [-0.15, -0.1) is 0 Å². The summed E-state index contributed by atoms with van der Waals surface area (Å²) in [7, 11) is 1.54. The zero-order valence-corrected chi connectivity index (χ0v) is 15.9. The number of ether oxygens (including phenoxy) is 2. The van der Waals surface area contributed by atoms with Gasteiger partial charge in [0.15, 0.2) is 6.23 Å².